The first-order chi connectivity index (χ1) is 9.99. The molecule has 7 heteroatoms. The number of anilines is 1. The predicted molar refractivity (Wildman–Crippen MR) is 84.0 cm³/mol. The van der Waals surface area contributed by atoms with Crippen LogP contribution in [0.3, 0.4) is 0 Å². The Morgan fingerprint density at radius 1 is 1.62 bits per heavy atom. The molecule has 1 aromatic rings. The summed E-state index contributed by atoms with van der Waals surface area (Å²) in [5.41, 5.74) is -0.0278. The highest BCUT2D eigenvalue weighted by atomic mass is 35.5. The van der Waals surface area contributed by atoms with E-state index in [-0.39, 0.29) is 16.8 Å². The van der Waals surface area contributed by atoms with Crippen LogP contribution in [-0.2, 0) is 0 Å². The number of hydrogen-bond acceptors (Lipinski definition) is 5. The van der Waals surface area contributed by atoms with Gasteiger partial charge in [-0.15, -0.1) is 0 Å². The molecule has 1 aliphatic heterocycles. The maximum atomic E-state index is 11.3. The number of pyridine rings is 1. The van der Waals surface area contributed by atoms with Crippen molar-refractivity contribution in [3.63, 3.8) is 0 Å². The molecule has 1 fully saturated rings. The second-order valence-electron chi connectivity index (χ2n) is 5.71. The Morgan fingerprint density at radius 2 is 2.38 bits per heavy atom. The third-order valence-electron chi connectivity index (χ3n) is 3.76. The van der Waals surface area contributed by atoms with E-state index in [9.17, 15) is 10.1 Å². The minimum absolute atomic E-state index is 0.0278. The molecule has 1 atom stereocenters. The molecule has 6 nitrogen and oxygen atoms in total. The van der Waals surface area contributed by atoms with Crippen LogP contribution in [0.2, 0.25) is 5.02 Å². The molecule has 0 saturated carbocycles. The minimum Gasteiger partial charge on any atom is -0.348 e. The molecule has 0 aromatic carbocycles. The summed E-state index contributed by atoms with van der Waals surface area (Å²) in [7, 11) is 0. The Balaban J connectivity index is 2.27. The number of aromatic nitrogens is 1. The largest absolute Gasteiger partial charge is 0.348 e. The fraction of sp³-hybridized carbons (Fsp3) is 0.643. The topological polar surface area (TPSA) is 71.3 Å². The summed E-state index contributed by atoms with van der Waals surface area (Å²) in [6.07, 6.45) is 3.75. The molecule has 21 heavy (non-hydrogen) atoms. The molecule has 2 rings (SSSR count). The van der Waals surface area contributed by atoms with Crippen LogP contribution in [0.15, 0.2) is 12.3 Å². The number of hydrogen-bond donors (Lipinski definition) is 1. The van der Waals surface area contributed by atoms with E-state index in [1.54, 1.807) is 0 Å². The molecule has 0 amide bonds. The molecule has 0 aliphatic carbocycles. The lowest BCUT2D eigenvalue weighted by Crippen LogP contribution is -2.41. The van der Waals surface area contributed by atoms with Crippen molar-refractivity contribution < 1.29 is 4.92 Å². The Morgan fingerprint density at radius 3 is 2.95 bits per heavy atom. The van der Waals surface area contributed by atoms with Gasteiger partial charge in [-0.2, -0.15) is 0 Å². The molecule has 116 valence electrons. The first kappa shape index (κ1) is 16.0. The van der Waals surface area contributed by atoms with Crippen molar-refractivity contribution in [3.05, 3.63) is 27.4 Å². The molecule has 0 spiro atoms. The normalized spacial score (nSPS) is 18.8. The van der Waals surface area contributed by atoms with Crippen molar-refractivity contribution in [1.29, 1.82) is 0 Å². The average molecular weight is 313 g/mol. The molecule has 0 bridgehead atoms. The van der Waals surface area contributed by atoms with Crippen molar-refractivity contribution in [2.45, 2.75) is 32.7 Å². The highest BCUT2D eigenvalue weighted by Gasteiger charge is 2.26. The maximum Gasteiger partial charge on any atom is 0.313 e. The van der Waals surface area contributed by atoms with Gasteiger partial charge >= 0.3 is 5.69 Å². The van der Waals surface area contributed by atoms with Crippen molar-refractivity contribution in [2.24, 2.45) is 5.92 Å². The maximum absolute atomic E-state index is 11.3. The number of halogens is 1. The van der Waals surface area contributed by atoms with E-state index in [0.29, 0.717) is 11.7 Å². The van der Waals surface area contributed by atoms with Crippen molar-refractivity contribution in [1.82, 2.24) is 10.3 Å². The minimum atomic E-state index is -0.414. The van der Waals surface area contributed by atoms with E-state index in [2.05, 4.69) is 10.3 Å². The van der Waals surface area contributed by atoms with Crippen LogP contribution in [0.5, 0.6) is 0 Å². The molecule has 1 saturated heterocycles. The van der Waals surface area contributed by atoms with Crippen molar-refractivity contribution in [2.75, 3.05) is 24.5 Å². The Bertz CT molecular complexity index is 504. The number of nitrogens with zero attached hydrogens (tertiary/aromatic N) is 3. The summed E-state index contributed by atoms with van der Waals surface area (Å²) in [6, 6.07) is 1.51. The van der Waals surface area contributed by atoms with Crippen LogP contribution in [-0.4, -0.2) is 35.6 Å². The van der Waals surface area contributed by atoms with Gasteiger partial charge in [-0.05, 0) is 45.7 Å². The van der Waals surface area contributed by atoms with Crippen LogP contribution in [0, 0.1) is 16.0 Å². The van der Waals surface area contributed by atoms with E-state index in [1.165, 1.54) is 12.3 Å². The van der Waals surface area contributed by atoms with E-state index >= 15 is 0 Å². The van der Waals surface area contributed by atoms with Gasteiger partial charge in [0.2, 0.25) is 5.82 Å². The zero-order valence-corrected chi connectivity index (χ0v) is 13.1. The molecular weight excluding hydrogens is 292 g/mol. The number of nitro groups is 1. The Kier molecular flexibility index (Phi) is 5.36. The fourth-order valence-electron chi connectivity index (χ4n) is 2.68. The third kappa shape index (κ3) is 4.04. The van der Waals surface area contributed by atoms with Crippen LogP contribution in [0.4, 0.5) is 11.5 Å². The number of nitrogens with one attached hydrogen (secondary N) is 1. The first-order valence-electron chi connectivity index (χ1n) is 7.26. The second kappa shape index (κ2) is 7.04. The molecule has 2 heterocycles. The summed E-state index contributed by atoms with van der Waals surface area (Å²) in [6.45, 7) is 6.81. The monoisotopic (exact) mass is 312 g/mol. The van der Waals surface area contributed by atoms with E-state index in [0.717, 1.165) is 32.5 Å². The number of rotatable bonds is 5. The molecule has 1 aromatic heterocycles. The summed E-state index contributed by atoms with van der Waals surface area (Å²) in [5, 5.41) is 14.9. The quantitative estimate of drug-likeness (QED) is 0.668. The predicted octanol–water partition coefficient (Wildman–Crippen LogP) is 2.86. The van der Waals surface area contributed by atoms with Gasteiger partial charge in [0.05, 0.1) is 9.95 Å². The Labute approximate surface area is 129 Å². The van der Waals surface area contributed by atoms with Crippen LogP contribution in [0.25, 0.3) is 0 Å². The highest BCUT2D eigenvalue weighted by Crippen LogP contribution is 2.30. The van der Waals surface area contributed by atoms with Gasteiger partial charge in [0, 0.05) is 24.8 Å². The first-order valence-corrected chi connectivity index (χ1v) is 7.64. The van der Waals surface area contributed by atoms with Crippen LogP contribution >= 0.6 is 11.6 Å². The Hall–Kier alpha value is -1.40. The molecule has 0 radical (unpaired) electrons. The molecule has 1 aliphatic rings. The lowest BCUT2D eigenvalue weighted by atomic mass is 9.98. The summed E-state index contributed by atoms with van der Waals surface area (Å²) < 4.78 is 0. The zero-order chi connectivity index (χ0) is 15.4. The van der Waals surface area contributed by atoms with E-state index < -0.39 is 4.92 Å². The average Bonchev–Trinajstić information content (AvgIpc) is 2.46. The van der Waals surface area contributed by atoms with Crippen LogP contribution in [0.1, 0.15) is 26.7 Å². The molecular formula is C14H21ClN4O2. The van der Waals surface area contributed by atoms with Crippen molar-refractivity contribution >= 4 is 23.1 Å². The van der Waals surface area contributed by atoms with E-state index in [4.69, 9.17) is 11.6 Å². The van der Waals surface area contributed by atoms with E-state index in [1.807, 2.05) is 18.7 Å². The summed E-state index contributed by atoms with van der Waals surface area (Å²) in [4.78, 5) is 17.1. The van der Waals surface area contributed by atoms with Gasteiger partial charge < -0.3 is 10.2 Å². The van der Waals surface area contributed by atoms with Gasteiger partial charge in [0.1, 0.15) is 0 Å². The lowest BCUT2D eigenvalue weighted by Gasteiger charge is -2.33. The molecule has 1 unspecified atom stereocenters. The zero-order valence-electron chi connectivity index (χ0n) is 12.4. The van der Waals surface area contributed by atoms with Gasteiger partial charge in [-0.25, -0.2) is 4.98 Å². The SMILES string of the molecule is CC(C)N(CC1CCCNC1)c1ncc(Cl)cc1[N+](=O)[O-]. The number of piperidine rings is 1. The van der Waals surface area contributed by atoms with Crippen LogP contribution < -0.4 is 10.2 Å². The summed E-state index contributed by atoms with van der Waals surface area (Å²) >= 11 is 5.84. The van der Waals surface area contributed by atoms with Gasteiger partial charge in [-0.1, -0.05) is 11.6 Å². The highest BCUT2D eigenvalue weighted by molar-refractivity contribution is 6.30. The standard InChI is InChI=1S/C14H21ClN4O2/c1-10(2)18(9-11-4-3-5-16-7-11)14-13(19(20)21)6-12(15)8-17-14/h6,8,10-11,16H,3-5,7,9H2,1-2H3. The summed E-state index contributed by atoms with van der Waals surface area (Å²) in [5.74, 6) is 0.892. The smallest absolute Gasteiger partial charge is 0.313 e. The fourth-order valence-corrected chi connectivity index (χ4v) is 2.83. The second-order valence-corrected chi connectivity index (χ2v) is 6.15. The van der Waals surface area contributed by atoms with Gasteiger partial charge in [-0.3, -0.25) is 10.1 Å². The van der Waals surface area contributed by atoms with Gasteiger partial charge in [0.15, 0.2) is 0 Å². The lowest BCUT2D eigenvalue weighted by molar-refractivity contribution is -0.384. The molecule has 1 N–H and O–H groups in total. The van der Waals surface area contributed by atoms with Gasteiger partial charge in [0.25, 0.3) is 0 Å². The van der Waals surface area contributed by atoms with Crippen molar-refractivity contribution in [3.8, 4) is 0 Å². The third-order valence-corrected chi connectivity index (χ3v) is 3.97.